The summed E-state index contributed by atoms with van der Waals surface area (Å²) in [4.78, 5) is 0. The molecule has 0 radical (unpaired) electrons. The van der Waals surface area contributed by atoms with E-state index < -0.39 is 11.7 Å². The second-order valence-corrected chi connectivity index (χ2v) is 4.63. The Balaban J connectivity index is 2.19. The van der Waals surface area contributed by atoms with Crippen LogP contribution in [0.25, 0.3) is 0 Å². The zero-order valence-corrected chi connectivity index (χ0v) is 10.5. The highest BCUT2D eigenvalue weighted by molar-refractivity contribution is 5.36. The van der Waals surface area contributed by atoms with Crippen molar-refractivity contribution in [3.8, 4) is 5.75 Å². The van der Waals surface area contributed by atoms with Gasteiger partial charge in [0.2, 0.25) is 0 Å². The van der Waals surface area contributed by atoms with Crippen molar-refractivity contribution in [2.75, 3.05) is 13.1 Å². The van der Waals surface area contributed by atoms with Gasteiger partial charge in [-0.2, -0.15) is 13.2 Å². The molecule has 0 unspecified atom stereocenters. The minimum absolute atomic E-state index is 0.0321. The van der Waals surface area contributed by atoms with E-state index in [2.05, 4.69) is 5.32 Å². The van der Waals surface area contributed by atoms with Crippen LogP contribution >= 0.6 is 0 Å². The fraction of sp³-hybridized carbons (Fsp3) is 0.538. The van der Waals surface area contributed by atoms with E-state index in [0.717, 1.165) is 38.1 Å². The number of benzene rings is 1. The van der Waals surface area contributed by atoms with E-state index in [1.165, 1.54) is 0 Å². The molecule has 0 atom stereocenters. The van der Waals surface area contributed by atoms with Crippen LogP contribution in [0.4, 0.5) is 13.2 Å². The molecule has 0 aliphatic carbocycles. The summed E-state index contributed by atoms with van der Waals surface area (Å²) < 4.78 is 43.9. The van der Waals surface area contributed by atoms with Crippen LogP contribution in [0.2, 0.25) is 0 Å². The van der Waals surface area contributed by atoms with Crippen LogP contribution in [0, 0.1) is 0 Å². The van der Waals surface area contributed by atoms with Gasteiger partial charge in [-0.15, -0.1) is 0 Å². The Bertz CT molecular complexity index is 428. The first-order chi connectivity index (χ1) is 8.99. The SMILES string of the molecule is NCc1cc(OC2CCNCC2)cc(C(F)(F)F)c1. The summed E-state index contributed by atoms with van der Waals surface area (Å²) in [5, 5.41) is 3.18. The van der Waals surface area contributed by atoms with Crippen molar-refractivity contribution in [2.24, 2.45) is 5.73 Å². The van der Waals surface area contributed by atoms with Crippen molar-refractivity contribution in [3.63, 3.8) is 0 Å². The molecule has 0 spiro atoms. The van der Waals surface area contributed by atoms with Crippen LogP contribution < -0.4 is 15.8 Å². The monoisotopic (exact) mass is 274 g/mol. The molecule has 0 bridgehead atoms. The maximum Gasteiger partial charge on any atom is 0.416 e. The molecule has 0 aromatic heterocycles. The first-order valence-corrected chi connectivity index (χ1v) is 6.27. The molecule has 3 N–H and O–H groups in total. The van der Waals surface area contributed by atoms with E-state index in [9.17, 15) is 13.2 Å². The topological polar surface area (TPSA) is 47.3 Å². The van der Waals surface area contributed by atoms with Gasteiger partial charge in [0.15, 0.2) is 0 Å². The maximum atomic E-state index is 12.8. The Hall–Kier alpha value is -1.27. The van der Waals surface area contributed by atoms with Gasteiger partial charge in [0.1, 0.15) is 11.9 Å². The molecular weight excluding hydrogens is 257 g/mol. The standard InChI is InChI=1S/C13H17F3N2O/c14-13(15,16)10-5-9(8-17)6-12(7-10)19-11-1-3-18-4-2-11/h5-7,11,18H,1-4,8,17H2. The Kier molecular flexibility index (Phi) is 4.31. The second kappa shape index (κ2) is 5.79. The predicted octanol–water partition coefficient (Wildman–Crippen LogP) is 2.29. The largest absolute Gasteiger partial charge is 0.490 e. The van der Waals surface area contributed by atoms with Crippen molar-refractivity contribution >= 4 is 0 Å². The zero-order valence-electron chi connectivity index (χ0n) is 10.5. The summed E-state index contributed by atoms with van der Waals surface area (Å²) in [6.07, 6.45) is -2.81. The van der Waals surface area contributed by atoms with E-state index in [1.807, 2.05) is 0 Å². The van der Waals surface area contributed by atoms with E-state index in [1.54, 1.807) is 6.07 Å². The van der Waals surface area contributed by atoms with E-state index >= 15 is 0 Å². The number of nitrogens with two attached hydrogens (primary N) is 1. The number of alkyl halides is 3. The number of ether oxygens (including phenoxy) is 1. The van der Waals surface area contributed by atoms with Gasteiger partial charge in [0.05, 0.1) is 5.56 Å². The lowest BCUT2D eigenvalue weighted by atomic mass is 10.1. The fourth-order valence-electron chi connectivity index (χ4n) is 2.12. The number of halogens is 3. The summed E-state index contributed by atoms with van der Waals surface area (Å²) in [6, 6.07) is 3.69. The number of nitrogens with one attached hydrogen (secondary N) is 1. The number of rotatable bonds is 3. The van der Waals surface area contributed by atoms with Gasteiger partial charge in [-0.05, 0) is 49.7 Å². The summed E-state index contributed by atoms with van der Waals surface area (Å²) in [7, 11) is 0. The molecule has 1 saturated heterocycles. The minimum atomic E-state index is -4.38. The highest BCUT2D eigenvalue weighted by atomic mass is 19.4. The van der Waals surface area contributed by atoms with Gasteiger partial charge in [-0.25, -0.2) is 0 Å². The first kappa shape index (κ1) is 14.1. The normalized spacial score (nSPS) is 17.5. The highest BCUT2D eigenvalue weighted by Gasteiger charge is 2.31. The van der Waals surface area contributed by atoms with Gasteiger partial charge >= 0.3 is 6.18 Å². The molecule has 1 heterocycles. The van der Waals surface area contributed by atoms with Crippen molar-refractivity contribution in [2.45, 2.75) is 31.7 Å². The van der Waals surface area contributed by atoms with Crippen LogP contribution in [0.15, 0.2) is 18.2 Å². The Labute approximate surface area is 109 Å². The highest BCUT2D eigenvalue weighted by Crippen LogP contribution is 2.33. The molecule has 1 aliphatic rings. The number of hydrogen-bond acceptors (Lipinski definition) is 3. The van der Waals surface area contributed by atoms with Crippen molar-refractivity contribution < 1.29 is 17.9 Å². The molecule has 2 rings (SSSR count). The van der Waals surface area contributed by atoms with E-state index in [0.29, 0.717) is 5.56 Å². The van der Waals surface area contributed by atoms with Gasteiger partial charge in [0, 0.05) is 6.54 Å². The Morgan fingerprint density at radius 2 is 1.89 bits per heavy atom. The van der Waals surface area contributed by atoms with Crippen LogP contribution in [-0.2, 0) is 12.7 Å². The number of hydrogen-bond donors (Lipinski definition) is 2. The third-order valence-electron chi connectivity index (χ3n) is 3.12. The average Bonchev–Trinajstić information content (AvgIpc) is 2.38. The molecule has 106 valence electrons. The van der Waals surface area contributed by atoms with Crippen molar-refractivity contribution in [1.29, 1.82) is 0 Å². The summed E-state index contributed by atoms with van der Waals surface area (Å²) in [5.41, 5.74) is 5.15. The van der Waals surface area contributed by atoms with Crippen LogP contribution in [0.3, 0.4) is 0 Å². The molecule has 1 aromatic rings. The van der Waals surface area contributed by atoms with E-state index in [-0.39, 0.29) is 18.4 Å². The molecule has 0 saturated carbocycles. The predicted molar refractivity (Wildman–Crippen MR) is 65.9 cm³/mol. The van der Waals surface area contributed by atoms with Crippen LogP contribution in [0.5, 0.6) is 5.75 Å². The maximum absolute atomic E-state index is 12.8. The summed E-state index contributed by atoms with van der Waals surface area (Å²) in [6.45, 7) is 1.72. The van der Waals surface area contributed by atoms with E-state index in [4.69, 9.17) is 10.5 Å². The zero-order chi connectivity index (χ0) is 13.9. The second-order valence-electron chi connectivity index (χ2n) is 4.63. The van der Waals surface area contributed by atoms with Crippen LogP contribution in [-0.4, -0.2) is 19.2 Å². The molecule has 0 amide bonds. The third kappa shape index (κ3) is 3.84. The molecule has 1 fully saturated rings. The Morgan fingerprint density at radius 3 is 2.47 bits per heavy atom. The van der Waals surface area contributed by atoms with Gasteiger partial charge in [-0.1, -0.05) is 0 Å². The fourth-order valence-corrected chi connectivity index (χ4v) is 2.12. The lowest BCUT2D eigenvalue weighted by molar-refractivity contribution is -0.137. The Morgan fingerprint density at radius 1 is 1.21 bits per heavy atom. The molecule has 6 heteroatoms. The third-order valence-corrected chi connectivity index (χ3v) is 3.12. The van der Waals surface area contributed by atoms with Gasteiger partial charge < -0.3 is 15.8 Å². The smallest absolute Gasteiger partial charge is 0.416 e. The van der Waals surface area contributed by atoms with Gasteiger partial charge in [0.25, 0.3) is 0 Å². The molecule has 19 heavy (non-hydrogen) atoms. The molecular formula is C13H17F3N2O. The molecule has 1 aliphatic heterocycles. The van der Waals surface area contributed by atoms with Crippen molar-refractivity contribution in [1.82, 2.24) is 5.32 Å². The lowest BCUT2D eigenvalue weighted by Crippen LogP contribution is -2.34. The first-order valence-electron chi connectivity index (χ1n) is 6.27. The lowest BCUT2D eigenvalue weighted by Gasteiger charge is -2.24. The van der Waals surface area contributed by atoms with Gasteiger partial charge in [-0.3, -0.25) is 0 Å². The molecule has 1 aromatic carbocycles. The summed E-state index contributed by atoms with van der Waals surface area (Å²) >= 11 is 0. The van der Waals surface area contributed by atoms with Crippen LogP contribution in [0.1, 0.15) is 24.0 Å². The average molecular weight is 274 g/mol. The molecule has 3 nitrogen and oxygen atoms in total. The number of piperidine rings is 1. The minimum Gasteiger partial charge on any atom is -0.490 e. The van der Waals surface area contributed by atoms with Crippen molar-refractivity contribution in [3.05, 3.63) is 29.3 Å². The summed E-state index contributed by atoms with van der Waals surface area (Å²) in [5.74, 6) is 0.252. The quantitative estimate of drug-likeness (QED) is 0.889.